The van der Waals surface area contributed by atoms with Crippen LogP contribution in [0, 0.1) is 0 Å². The highest BCUT2D eigenvalue weighted by Crippen LogP contribution is 2.17. The Kier molecular flexibility index (Phi) is 5.07. The molecule has 0 spiro atoms. The van der Waals surface area contributed by atoms with Gasteiger partial charge in [-0.25, -0.2) is 9.67 Å². The zero-order valence-electron chi connectivity index (χ0n) is 15.8. The number of aromatic amines is 1. The fourth-order valence-electron chi connectivity index (χ4n) is 3.07. The van der Waals surface area contributed by atoms with Gasteiger partial charge in [-0.05, 0) is 18.2 Å². The minimum atomic E-state index is -0.300. The minimum Gasteiger partial charge on any atom is -0.496 e. The van der Waals surface area contributed by atoms with Crippen molar-refractivity contribution in [3.63, 3.8) is 0 Å². The van der Waals surface area contributed by atoms with Gasteiger partial charge in [-0.3, -0.25) is 9.59 Å². The Bertz CT molecular complexity index is 1210. The smallest absolute Gasteiger partial charge is 0.262 e. The van der Waals surface area contributed by atoms with E-state index in [0.29, 0.717) is 22.6 Å². The van der Waals surface area contributed by atoms with Gasteiger partial charge < -0.3 is 15.0 Å². The second kappa shape index (κ2) is 7.97. The highest BCUT2D eigenvalue weighted by Gasteiger charge is 2.13. The molecule has 4 aromatic rings. The molecular formula is C21H19N5O3. The lowest BCUT2D eigenvalue weighted by Gasteiger charge is -2.09. The molecule has 8 heteroatoms. The number of methoxy groups -OCH3 is 1. The molecular weight excluding hydrogens is 370 g/mol. The van der Waals surface area contributed by atoms with Gasteiger partial charge in [0, 0.05) is 5.56 Å². The van der Waals surface area contributed by atoms with Crippen LogP contribution in [0.25, 0.3) is 16.7 Å². The molecule has 0 bridgehead atoms. The van der Waals surface area contributed by atoms with Crippen molar-refractivity contribution in [2.24, 2.45) is 0 Å². The predicted molar refractivity (Wildman–Crippen MR) is 108 cm³/mol. The molecule has 0 saturated carbocycles. The Balaban J connectivity index is 1.54. The van der Waals surface area contributed by atoms with Gasteiger partial charge in [0.25, 0.3) is 5.56 Å². The van der Waals surface area contributed by atoms with E-state index < -0.39 is 0 Å². The van der Waals surface area contributed by atoms with Crippen molar-refractivity contribution < 1.29 is 9.53 Å². The summed E-state index contributed by atoms with van der Waals surface area (Å²) in [4.78, 5) is 31.9. The number of carbonyl (C=O) groups excluding carboxylic acids is 1. The van der Waals surface area contributed by atoms with Gasteiger partial charge in [-0.2, -0.15) is 5.10 Å². The van der Waals surface area contributed by atoms with Crippen LogP contribution in [0.4, 0.5) is 0 Å². The van der Waals surface area contributed by atoms with E-state index in [2.05, 4.69) is 20.4 Å². The van der Waals surface area contributed by atoms with Gasteiger partial charge in [0.2, 0.25) is 5.91 Å². The average Bonchev–Trinajstić information content (AvgIpc) is 3.18. The highest BCUT2D eigenvalue weighted by atomic mass is 16.5. The molecule has 0 aliphatic heterocycles. The van der Waals surface area contributed by atoms with E-state index in [1.807, 2.05) is 48.5 Å². The van der Waals surface area contributed by atoms with Crippen LogP contribution in [0.1, 0.15) is 11.4 Å². The van der Waals surface area contributed by atoms with Crippen LogP contribution in [-0.2, 0) is 17.8 Å². The summed E-state index contributed by atoms with van der Waals surface area (Å²) in [5.74, 6) is 0.810. The van der Waals surface area contributed by atoms with Gasteiger partial charge in [0.05, 0.1) is 32.0 Å². The first kappa shape index (κ1) is 18.4. The van der Waals surface area contributed by atoms with Gasteiger partial charge in [0.1, 0.15) is 17.0 Å². The molecule has 0 aliphatic carbocycles. The normalized spacial score (nSPS) is 10.8. The summed E-state index contributed by atoms with van der Waals surface area (Å²) in [5, 5.41) is 7.44. The summed E-state index contributed by atoms with van der Waals surface area (Å²) in [6.07, 6.45) is 1.65. The Morgan fingerprint density at radius 1 is 1.14 bits per heavy atom. The molecule has 2 N–H and O–H groups in total. The molecule has 146 valence electrons. The molecule has 0 radical (unpaired) electrons. The van der Waals surface area contributed by atoms with Crippen molar-refractivity contribution in [1.29, 1.82) is 0 Å². The number of H-pyrrole nitrogens is 1. The molecule has 0 saturated heterocycles. The summed E-state index contributed by atoms with van der Waals surface area (Å²) in [6.45, 7) is 0.0964. The monoisotopic (exact) mass is 389 g/mol. The van der Waals surface area contributed by atoms with Crippen molar-refractivity contribution in [3.8, 4) is 11.4 Å². The SMILES string of the molecule is COc1ccccc1CC(=O)NCc1nc2c(cnn2-c2ccccc2)c(=O)[nH]1. The van der Waals surface area contributed by atoms with Crippen LogP contribution < -0.4 is 15.6 Å². The third-order valence-electron chi connectivity index (χ3n) is 4.48. The molecule has 2 aromatic heterocycles. The van der Waals surface area contributed by atoms with E-state index in [-0.39, 0.29) is 24.4 Å². The molecule has 0 aliphatic rings. The quantitative estimate of drug-likeness (QED) is 0.525. The van der Waals surface area contributed by atoms with E-state index >= 15 is 0 Å². The van der Waals surface area contributed by atoms with Crippen molar-refractivity contribution in [3.05, 3.63) is 82.5 Å². The topological polar surface area (TPSA) is 102 Å². The van der Waals surface area contributed by atoms with Crippen molar-refractivity contribution >= 4 is 16.9 Å². The summed E-state index contributed by atoms with van der Waals surface area (Å²) < 4.78 is 6.87. The number of benzene rings is 2. The molecule has 2 heterocycles. The minimum absolute atomic E-state index is 0.0964. The molecule has 4 rings (SSSR count). The molecule has 29 heavy (non-hydrogen) atoms. The molecule has 0 fully saturated rings. The predicted octanol–water partition coefficient (Wildman–Crippen LogP) is 1.98. The summed E-state index contributed by atoms with van der Waals surface area (Å²) in [5.41, 5.74) is 1.72. The maximum atomic E-state index is 12.4. The fourth-order valence-corrected chi connectivity index (χ4v) is 3.07. The lowest BCUT2D eigenvalue weighted by molar-refractivity contribution is -0.120. The number of nitrogens with one attached hydrogen (secondary N) is 2. The van der Waals surface area contributed by atoms with Crippen LogP contribution in [0.15, 0.2) is 65.6 Å². The van der Waals surface area contributed by atoms with E-state index in [1.165, 1.54) is 6.20 Å². The maximum absolute atomic E-state index is 12.4. The molecule has 8 nitrogen and oxygen atoms in total. The largest absolute Gasteiger partial charge is 0.496 e. The van der Waals surface area contributed by atoms with E-state index in [1.54, 1.807) is 17.9 Å². The Hall–Kier alpha value is -3.94. The first-order valence-corrected chi connectivity index (χ1v) is 9.06. The summed E-state index contributed by atoms with van der Waals surface area (Å²) in [6, 6.07) is 16.8. The number of ether oxygens (including phenoxy) is 1. The molecule has 0 atom stereocenters. The standard InChI is InChI=1S/C21H19N5O3/c1-29-17-10-6-5-7-14(17)11-19(27)22-13-18-24-20-16(21(28)25-18)12-23-26(20)15-8-3-2-4-9-15/h2-10,12H,11,13H2,1H3,(H,22,27)(H,24,25,28). The Morgan fingerprint density at radius 3 is 2.69 bits per heavy atom. The van der Waals surface area contributed by atoms with E-state index in [0.717, 1.165) is 11.3 Å². The average molecular weight is 389 g/mol. The summed E-state index contributed by atoms with van der Waals surface area (Å²) >= 11 is 0. The number of carbonyl (C=O) groups is 1. The van der Waals surface area contributed by atoms with Crippen LogP contribution in [0.5, 0.6) is 5.75 Å². The fraction of sp³-hybridized carbons (Fsp3) is 0.143. The summed E-state index contributed by atoms with van der Waals surface area (Å²) in [7, 11) is 1.57. The van der Waals surface area contributed by atoms with Crippen LogP contribution in [0.3, 0.4) is 0 Å². The van der Waals surface area contributed by atoms with Crippen molar-refractivity contribution in [2.45, 2.75) is 13.0 Å². The third kappa shape index (κ3) is 3.86. The zero-order chi connectivity index (χ0) is 20.2. The number of fused-ring (bicyclic) bond motifs is 1. The number of hydrogen-bond donors (Lipinski definition) is 2. The number of aromatic nitrogens is 4. The van der Waals surface area contributed by atoms with Gasteiger partial charge in [-0.15, -0.1) is 0 Å². The molecule has 1 amide bonds. The van der Waals surface area contributed by atoms with Crippen LogP contribution in [0.2, 0.25) is 0 Å². The third-order valence-corrected chi connectivity index (χ3v) is 4.48. The number of hydrogen-bond acceptors (Lipinski definition) is 5. The number of rotatable bonds is 6. The number of para-hydroxylation sites is 2. The number of amides is 1. The Labute approximate surface area is 166 Å². The van der Waals surface area contributed by atoms with E-state index in [9.17, 15) is 9.59 Å². The van der Waals surface area contributed by atoms with Crippen LogP contribution >= 0.6 is 0 Å². The molecule has 2 aromatic carbocycles. The number of nitrogens with zero attached hydrogens (tertiary/aromatic N) is 3. The van der Waals surface area contributed by atoms with E-state index in [4.69, 9.17) is 4.74 Å². The molecule has 0 unspecified atom stereocenters. The van der Waals surface area contributed by atoms with Gasteiger partial charge in [0.15, 0.2) is 5.65 Å². The van der Waals surface area contributed by atoms with Gasteiger partial charge in [-0.1, -0.05) is 36.4 Å². The lowest BCUT2D eigenvalue weighted by Crippen LogP contribution is -2.27. The van der Waals surface area contributed by atoms with Crippen molar-refractivity contribution in [1.82, 2.24) is 25.1 Å². The maximum Gasteiger partial charge on any atom is 0.262 e. The second-order valence-corrected chi connectivity index (χ2v) is 6.41. The van der Waals surface area contributed by atoms with Gasteiger partial charge >= 0.3 is 0 Å². The first-order chi connectivity index (χ1) is 14.2. The second-order valence-electron chi connectivity index (χ2n) is 6.41. The Morgan fingerprint density at radius 2 is 1.90 bits per heavy atom. The highest BCUT2D eigenvalue weighted by molar-refractivity contribution is 5.79. The van der Waals surface area contributed by atoms with Crippen molar-refractivity contribution in [2.75, 3.05) is 7.11 Å². The zero-order valence-corrected chi connectivity index (χ0v) is 15.8. The lowest BCUT2D eigenvalue weighted by atomic mass is 10.1. The van der Waals surface area contributed by atoms with Crippen LogP contribution in [-0.4, -0.2) is 32.8 Å². The first-order valence-electron chi connectivity index (χ1n) is 9.06.